The van der Waals surface area contributed by atoms with Gasteiger partial charge < -0.3 is 5.32 Å². The van der Waals surface area contributed by atoms with Gasteiger partial charge in [-0.1, -0.05) is 6.92 Å². The minimum absolute atomic E-state index is 0.145. The number of nitrogens with one attached hydrogen (secondary N) is 2. The van der Waals surface area contributed by atoms with Crippen molar-refractivity contribution in [3.8, 4) is 0 Å². The number of carbonyl (C=O) groups excluding carboxylic acids is 3. The van der Waals surface area contributed by atoms with Crippen molar-refractivity contribution in [1.29, 1.82) is 0 Å². The van der Waals surface area contributed by atoms with E-state index in [0.29, 0.717) is 6.42 Å². The van der Waals surface area contributed by atoms with Crippen LogP contribution in [-0.2, 0) is 16.1 Å². The highest BCUT2D eigenvalue weighted by molar-refractivity contribution is 6.07. The van der Waals surface area contributed by atoms with Crippen molar-refractivity contribution >= 4 is 17.8 Å². The van der Waals surface area contributed by atoms with Gasteiger partial charge in [0, 0.05) is 18.4 Å². The van der Waals surface area contributed by atoms with Crippen LogP contribution in [0.3, 0.4) is 0 Å². The van der Waals surface area contributed by atoms with E-state index in [1.165, 1.54) is 0 Å². The quantitative estimate of drug-likeness (QED) is 0.710. The molecule has 9 heteroatoms. The number of likely N-dealkylation sites (tertiary alicyclic amines) is 1. The number of urea groups is 1. The second kappa shape index (κ2) is 6.83. The normalized spacial score (nSPS) is 27.0. The van der Waals surface area contributed by atoms with E-state index in [1.54, 1.807) is 13.1 Å². The molecule has 136 valence electrons. The van der Waals surface area contributed by atoms with Gasteiger partial charge in [0.1, 0.15) is 5.54 Å². The van der Waals surface area contributed by atoms with Gasteiger partial charge in [-0.3, -0.25) is 24.6 Å². The van der Waals surface area contributed by atoms with Gasteiger partial charge in [0.2, 0.25) is 0 Å². The molecule has 2 aliphatic heterocycles. The molecule has 2 aliphatic rings. The SMILES string of the molecule is CCC1(C)NC(=O)N(NC(=O)CN2CCCC2Cn2cccn2)C1=O. The highest BCUT2D eigenvalue weighted by atomic mass is 16.2. The molecule has 25 heavy (non-hydrogen) atoms. The van der Waals surface area contributed by atoms with Crippen LogP contribution in [0.4, 0.5) is 4.79 Å². The first-order chi connectivity index (χ1) is 11.9. The third-order valence-electron chi connectivity index (χ3n) is 5.01. The average molecular weight is 348 g/mol. The third-order valence-corrected chi connectivity index (χ3v) is 5.01. The molecule has 2 N–H and O–H groups in total. The molecule has 2 unspecified atom stereocenters. The van der Waals surface area contributed by atoms with Crippen LogP contribution in [0.1, 0.15) is 33.1 Å². The molecule has 2 fully saturated rings. The van der Waals surface area contributed by atoms with Gasteiger partial charge >= 0.3 is 6.03 Å². The number of aromatic nitrogens is 2. The lowest BCUT2D eigenvalue weighted by Gasteiger charge is -2.25. The van der Waals surface area contributed by atoms with E-state index in [1.807, 2.05) is 23.9 Å². The molecule has 0 spiro atoms. The summed E-state index contributed by atoms with van der Waals surface area (Å²) in [6, 6.07) is 1.50. The maximum Gasteiger partial charge on any atom is 0.344 e. The molecule has 0 saturated carbocycles. The van der Waals surface area contributed by atoms with Crippen molar-refractivity contribution in [2.75, 3.05) is 13.1 Å². The Balaban J connectivity index is 1.57. The molecule has 2 saturated heterocycles. The van der Waals surface area contributed by atoms with Crippen molar-refractivity contribution in [2.24, 2.45) is 0 Å². The zero-order valence-electron chi connectivity index (χ0n) is 14.6. The number of nitrogens with zero attached hydrogens (tertiary/aromatic N) is 4. The van der Waals surface area contributed by atoms with E-state index in [-0.39, 0.29) is 18.5 Å². The summed E-state index contributed by atoms with van der Waals surface area (Å²) in [7, 11) is 0. The topological polar surface area (TPSA) is 99.6 Å². The zero-order chi connectivity index (χ0) is 18.0. The summed E-state index contributed by atoms with van der Waals surface area (Å²) in [5, 5.41) is 7.62. The summed E-state index contributed by atoms with van der Waals surface area (Å²) < 4.78 is 1.85. The van der Waals surface area contributed by atoms with E-state index < -0.39 is 17.5 Å². The first kappa shape index (κ1) is 17.4. The maximum absolute atomic E-state index is 12.3. The third kappa shape index (κ3) is 3.51. The fourth-order valence-corrected chi connectivity index (χ4v) is 3.30. The van der Waals surface area contributed by atoms with Crippen LogP contribution in [0.2, 0.25) is 0 Å². The zero-order valence-corrected chi connectivity index (χ0v) is 14.6. The molecule has 4 amide bonds. The summed E-state index contributed by atoms with van der Waals surface area (Å²) in [6.45, 7) is 5.14. The molecule has 0 aliphatic carbocycles. The summed E-state index contributed by atoms with van der Waals surface area (Å²) in [6.07, 6.45) is 6.09. The van der Waals surface area contributed by atoms with Crippen molar-refractivity contribution in [3.63, 3.8) is 0 Å². The van der Waals surface area contributed by atoms with Gasteiger partial charge in [-0.15, -0.1) is 0 Å². The second-order valence-electron chi connectivity index (χ2n) is 6.79. The molecular weight excluding hydrogens is 324 g/mol. The molecule has 3 heterocycles. The van der Waals surface area contributed by atoms with E-state index in [2.05, 4.69) is 20.7 Å². The van der Waals surface area contributed by atoms with Crippen molar-refractivity contribution in [3.05, 3.63) is 18.5 Å². The van der Waals surface area contributed by atoms with Gasteiger partial charge in [0.05, 0.1) is 13.1 Å². The fraction of sp³-hybridized carbons (Fsp3) is 0.625. The van der Waals surface area contributed by atoms with Crippen LogP contribution in [-0.4, -0.2) is 62.2 Å². The highest BCUT2D eigenvalue weighted by Crippen LogP contribution is 2.20. The van der Waals surface area contributed by atoms with Gasteiger partial charge in [0.25, 0.3) is 11.8 Å². The minimum Gasteiger partial charge on any atom is -0.322 e. The van der Waals surface area contributed by atoms with E-state index in [0.717, 1.165) is 30.9 Å². The number of hydrogen-bond donors (Lipinski definition) is 2. The lowest BCUT2D eigenvalue weighted by Crippen LogP contribution is -2.51. The Morgan fingerprint density at radius 2 is 2.28 bits per heavy atom. The average Bonchev–Trinajstić information content (AvgIpc) is 3.28. The molecule has 3 rings (SSSR count). The Morgan fingerprint density at radius 3 is 2.92 bits per heavy atom. The molecule has 0 radical (unpaired) electrons. The van der Waals surface area contributed by atoms with Crippen LogP contribution in [0.15, 0.2) is 18.5 Å². The Labute approximate surface area is 146 Å². The Hall–Kier alpha value is -2.42. The monoisotopic (exact) mass is 348 g/mol. The lowest BCUT2D eigenvalue weighted by atomic mass is 10.00. The highest BCUT2D eigenvalue weighted by Gasteiger charge is 2.47. The number of amides is 4. The largest absolute Gasteiger partial charge is 0.344 e. The van der Waals surface area contributed by atoms with E-state index in [9.17, 15) is 14.4 Å². The van der Waals surface area contributed by atoms with Gasteiger partial charge in [-0.2, -0.15) is 10.1 Å². The van der Waals surface area contributed by atoms with Crippen LogP contribution in [0.25, 0.3) is 0 Å². The van der Waals surface area contributed by atoms with Crippen LogP contribution in [0, 0.1) is 0 Å². The van der Waals surface area contributed by atoms with E-state index in [4.69, 9.17) is 0 Å². The number of imide groups is 1. The number of hydrazine groups is 1. The van der Waals surface area contributed by atoms with Gasteiger partial charge in [-0.05, 0) is 38.8 Å². The first-order valence-electron chi connectivity index (χ1n) is 8.60. The number of hydrogen-bond acceptors (Lipinski definition) is 5. The molecule has 1 aromatic rings. The van der Waals surface area contributed by atoms with Crippen LogP contribution in [0.5, 0.6) is 0 Å². The standard InChI is InChI=1S/C16H24N6O3/c1-3-16(2)14(24)22(15(25)18-16)19-13(23)11-20-8-4-6-12(20)10-21-9-5-7-17-21/h5,7,9,12H,3-4,6,8,10-11H2,1-2H3,(H,18,25)(H,19,23). The summed E-state index contributed by atoms with van der Waals surface area (Å²) in [5.74, 6) is -0.793. The predicted molar refractivity (Wildman–Crippen MR) is 89.0 cm³/mol. The lowest BCUT2D eigenvalue weighted by molar-refractivity contribution is -0.139. The Kier molecular flexibility index (Phi) is 4.76. The number of rotatable bonds is 6. The molecule has 9 nitrogen and oxygen atoms in total. The van der Waals surface area contributed by atoms with E-state index >= 15 is 0 Å². The second-order valence-corrected chi connectivity index (χ2v) is 6.79. The molecule has 2 atom stereocenters. The van der Waals surface area contributed by atoms with Crippen molar-refractivity contribution in [1.82, 2.24) is 30.4 Å². The fourth-order valence-electron chi connectivity index (χ4n) is 3.30. The summed E-state index contributed by atoms with van der Waals surface area (Å²) in [5.41, 5.74) is 1.49. The Bertz CT molecular complexity index is 661. The molecular formula is C16H24N6O3. The minimum atomic E-state index is -0.958. The summed E-state index contributed by atoms with van der Waals surface area (Å²) in [4.78, 5) is 38.7. The maximum atomic E-state index is 12.3. The van der Waals surface area contributed by atoms with Crippen LogP contribution >= 0.6 is 0 Å². The smallest absolute Gasteiger partial charge is 0.322 e. The Morgan fingerprint density at radius 1 is 1.48 bits per heavy atom. The predicted octanol–water partition coefficient (Wildman–Crippen LogP) is 0.0992. The van der Waals surface area contributed by atoms with Crippen LogP contribution < -0.4 is 10.7 Å². The first-order valence-corrected chi connectivity index (χ1v) is 8.60. The molecule has 1 aromatic heterocycles. The summed E-state index contributed by atoms with van der Waals surface area (Å²) >= 11 is 0. The van der Waals surface area contributed by atoms with Crippen molar-refractivity contribution < 1.29 is 14.4 Å². The van der Waals surface area contributed by atoms with Crippen molar-refractivity contribution in [2.45, 2.75) is 51.2 Å². The number of carbonyl (C=O) groups is 3. The molecule has 0 bridgehead atoms. The van der Waals surface area contributed by atoms with Gasteiger partial charge in [0.15, 0.2) is 0 Å². The molecule has 0 aromatic carbocycles. The van der Waals surface area contributed by atoms with Gasteiger partial charge in [-0.25, -0.2) is 4.79 Å².